The van der Waals surface area contributed by atoms with E-state index in [1.165, 1.54) is 16.7 Å². The summed E-state index contributed by atoms with van der Waals surface area (Å²) >= 11 is 0. The number of aliphatic imine (C=N–C) groups is 1. The Kier molecular flexibility index (Phi) is 8.76. The van der Waals surface area contributed by atoms with Crippen LogP contribution in [0.5, 0.6) is 0 Å². The van der Waals surface area contributed by atoms with Crippen molar-refractivity contribution in [2.75, 3.05) is 19.6 Å². The first-order valence-electron chi connectivity index (χ1n) is 9.58. The SMILES string of the molecule is CCNC(=NCc1cccc(C)c1)NCC(=O)N1CCc2ccccc2C1.I. The minimum Gasteiger partial charge on any atom is -0.357 e. The summed E-state index contributed by atoms with van der Waals surface area (Å²) in [5, 5.41) is 6.38. The van der Waals surface area contributed by atoms with Crippen LogP contribution in [0.1, 0.15) is 29.2 Å². The molecule has 3 rings (SSSR count). The van der Waals surface area contributed by atoms with Gasteiger partial charge in [0.05, 0.1) is 13.1 Å². The van der Waals surface area contributed by atoms with E-state index in [-0.39, 0.29) is 36.4 Å². The molecule has 2 aromatic rings. The molecular formula is C22H29IN4O. The van der Waals surface area contributed by atoms with Crippen LogP contribution in [-0.2, 0) is 24.3 Å². The third-order valence-corrected chi connectivity index (χ3v) is 4.74. The molecule has 5 nitrogen and oxygen atoms in total. The monoisotopic (exact) mass is 492 g/mol. The van der Waals surface area contributed by atoms with Gasteiger partial charge in [-0.3, -0.25) is 4.79 Å². The van der Waals surface area contributed by atoms with Crippen molar-refractivity contribution < 1.29 is 4.79 Å². The lowest BCUT2D eigenvalue weighted by atomic mass is 10.00. The van der Waals surface area contributed by atoms with Crippen LogP contribution >= 0.6 is 24.0 Å². The largest absolute Gasteiger partial charge is 0.357 e. The third kappa shape index (κ3) is 6.22. The van der Waals surface area contributed by atoms with Crippen LogP contribution in [0.4, 0.5) is 0 Å². The molecule has 0 saturated heterocycles. The summed E-state index contributed by atoms with van der Waals surface area (Å²) in [6.07, 6.45) is 0.920. The lowest BCUT2D eigenvalue weighted by molar-refractivity contribution is -0.130. The molecule has 0 aliphatic carbocycles. The Morgan fingerprint density at radius 3 is 2.64 bits per heavy atom. The normalized spacial score (nSPS) is 13.4. The van der Waals surface area contributed by atoms with Crippen molar-refractivity contribution in [2.45, 2.75) is 33.4 Å². The number of hydrogen-bond acceptors (Lipinski definition) is 2. The molecule has 0 aromatic heterocycles. The van der Waals surface area contributed by atoms with Crippen LogP contribution in [0.25, 0.3) is 0 Å². The highest BCUT2D eigenvalue weighted by molar-refractivity contribution is 14.0. The van der Waals surface area contributed by atoms with Gasteiger partial charge in [-0.2, -0.15) is 0 Å². The van der Waals surface area contributed by atoms with Gasteiger partial charge in [0.25, 0.3) is 0 Å². The van der Waals surface area contributed by atoms with Gasteiger partial charge in [0.15, 0.2) is 5.96 Å². The van der Waals surface area contributed by atoms with E-state index in [9.17, 15) is 4.79 Å². The predicted octanol–water partition coefficient (Wildman–Crippen LogP) is 3.25. The van der Waals surface area contributed by atoms with Gasteiger partial charge < -0.3 is 15.5 Å². The van der Waals surface area contributed by atoms with Gasteiger partial charge >= 0.3 is 0 Å². The molecule has 150 valence electrons. The first-order chi connectivity index (χ1) is 13.2. The summed E-state index contributed by atoms with van der Waals surface area (Å²) in [6.45, 7) is 7.15. The zero-order valence-corrected chi connectivity index (χ0v) is 18.9. The first kappa shape index (κ1) is 22.2. The molecule has 1 amide bonds. The fourth-order valence-electron chi connectivity index (χ4n) is 3.30. The number of benzene rings is 2. The van der Waals surface area contributed by atoms with E-state index in [0.717, 1.165) is 25.1 Å². The average molecular weight is 492 g/mol. The maximum Gasteiger partial charge on any atom is 0.242 e. The van der Waals surface area contributed by atoms with Crippen LogP contribution < -0.4 is 10.6 Å². The molecule has 2 aromatic carbocycles. The van der Waals surface area contributed by atoms with Crippen molar-refractivity contribution in [3.8, 4) is 0 Å². The molecule has 1 aliphatic rings. The van der Waals surface area contributed by atoms with Gasteiger partial charge in [0.1, 0.15) is 0 Å². The van der Waals surface area contributed by atoms with E-state index in [1.807, 2.05) is 24.0 Å². The number of nitrogens with zero attached hydrogens (tertiary/aromatic N) is 2. The highest BCUT2D eigenvalue weighted by Crippen LogP contribution is 2.18. The molecule has 1 heterocycles. The Morgan fingerprint density at radius 2 is 1.89 bits per heavy atom. The van der Waals surface area contributed by atoms with E-state index >= 15 is 0 Å². The molecule has 0 radical (unpaired) electrons. The van der Waals surface area contributed by atoms with Gasteiger partial charge in [-0.15, -0.1) is 24.0 Å². The third-order valence-electron chi connectivity index (χ3n) is 4.74. The number of carbonyl (C=O) groups is 1. The van der Waals surface area contributed by atoms with E-state index in [2.05, 4.69) is 58.9 Å². The number of guanidine groups is 1. The molecule has 0 atom stereocenters. The fourth-order valence-corrected chi connectivity index (χ4v) is 3.30. The maximum absolute atomic E-state index is 12.6. The Bertz CT molecular complexity index is 822. The van der Waals surface area contributed by atoms with Crippen LogP contribution in [0.3, 0.4) is 0 Å². The molecule has 0 fully saturated rings. The number of carbonyl (C=O) groups excluding carboxylic acids is 1. The number of nitrogens with one attached hydrogen (secondary N) is 2. The minimum atomic E-state index is 0. The quantitative estimate of drug-likeness (QED) is 0.383. The number of rotatable bonds is 5. The van der Waals surface area contributed by atoms with Gasteiger partial charge in [-0.1, -0.05) is 54.1 Å². The highest BCUT2D eigenvalue weighted by atomic mass is 127. The molecule has 2 N–H and O–H groups in total. The number of amides is 1. The fraction of sp³-hybridized carbons (Fsp3) is 0.364. The van der Waals surface area contributed by atoms with Gasteiger partial charge in [0.2, 0.25) is 5.91 Å². The summed E-state index contributed by atoms with van der Waals surface area (Å²) in [7, 11) is 0. The minimum absolute atomic E-state index is 0. The zero-order valence-electron chi connectivity index (χ0n) is 16.6. The van der Waals surface area contributed by atoms with Crippen LogP contribution in [-0.4, -0.2) is 36.4 Å². The van der Waals surface area contributed by atoms with Crippen molar-refractivity contribution in [3.63, 3.8) is 0 Å². The summed E-state index contributed by atoms with van der Waals surface area (Å²) in [4.78, 5) is 19.1. The maximum atomic E-state index is 12.6. The zero-order chi connectivity index (χ0) is 19.1. The van der Waals surface area contributed by atoms with Crippen molar-refractivity contribution in [3.05, 3.63) is 70.8 Å². The van der Waals surface area contributed by atoms with Crippen LogP contribution in [0.15, 0.2) is 53.5 Å². The van der Waals surface area contributed by atoms with E-state index < -0.39 is 0 Å². The second kappa shape index (κ2) is 11.0. The lowest BCUT2D eigenvalue weighted by Crippen LogP contribution is -2.45. The van der Waals surface area contributed by atoms with Crippen molar-refractivity contribution in [1.82, 2.24) is 15.5 Å². The Hall–Kier alpha value is -2.09. The molecule has 0 saturated carbocycles. The molecule has 6 heteroatoms. The molecule has 0 unspecified atom stereocenters. The molecule has 1 aliphatic heterocycles. The smallest absolute Gasteiger partial charge is 0.242 e. The predicted molar refractivity (Wildman–Crippen MR) is 125 cm³/mol. The average Bonchev–Trinajstić information content (AvgIpc) is 2.69. The van der Waals surface area contributed by atoms with E-state index in [4.69, 9.17) is 0 Å². The number of fused-ring (bicyclic) bond motifs is 1. The van der Waals surface area contributed by atoms with Crippen molar-refractivity contribution in [1.29, 1.82) is 0 Å². The number of halogens is 1. The summed E-state index contributed by atoms with van der Waals surface area (Å²) in [5.74, 6) is 0.774. The molecule has 0 spiro atoms. The Morgan fingerprint density at radius 1 is 1.11 bits per heavy atom. The number of hydrogen-bond donors (Lipinski definition) is 2. The molecule has 0 bridgehead atoms. The van der Waals surface area contributed by atoms with Crippen LogP contribution in [0, 0.1) is 6.92 Å². The highest BCUT2D eigenvalue weighted by Gasteiger charge is 2.20. The van der Waals surface area contributed by atoms with Gasteiger partial charge in [0, 0.05) is 19.6 Å². The van der Waals surface area contributed by atoms with E-state index in [0.29, 0.717) is 19.0 Å². The van der Waals surface area contributed by atoms with Crippen molar-refractivity contribution >= 4 is 35.8 Å². The molecular weight excluding hydrogens is 463 g/mol. The second-order valence-electron chi connectivity index (χ2n) is 6.87. The van der Waals surface area contributed by atoms with Gasteiger partial charge in [-0.25, -0.2) is 4.99 Å². The Balaban J connectivity index is 0.00000280. The standard InChI is InChI=1S/C22H28N4O.HI/c1-3-23-22(24-14-18-8-6-7-17(2)13-18)25-15-21(27)26-12-11-19-9-4-5-10-20(19)16-26;/h4-10,13H,3,11-12,14-16H2,1-2H3,(H2,23,24,25);1H. The van der Waals surface area contributed by atoms with Crippen LogP contribution in [0.2, 0.25) is 0 Å². The van der Waals surface area contributed by atoms with Gasteiger partial charge in [-0.05, 0) is 37.0 Å². The number of aryl methyl sites for hydroxylation is 1. The first-order valence-corrected chi connectivity index (χ1v) is 9.58. The Labute approximate surface area is 184 Å². The summed E-state index contributed by atoms with van der Waals surface area (Å²) < 4.78 is 0. The topological polar surface area (TPSA) is 56.7 Å². The summed E-state index contributed by atoms with van der Waals surface area (Å²) in [5.41, 5.74) is 4.98. The summed E-state index contributed by atoms with van der Waals surface area (Å²) in [6, 6.07) is 16.7. The van der Waals surface area contributed by atoms with E-state index in [1.54, 1.807) is 0 Å². The van der Waals surface area contributed by atoms with Crippen molar-refractivity contribution in [2.24, 2.45) is 4.99 Å². The second-order valence-corrected chi connectivity index (χ2v) is 6.87. The lowest BCUT2D eigenvalue weighted by Gasteiger charge is -2.29. The molecule has 28 heavy (non-hydrogen) atoms.